The number of carbonyl (C=O) groups excluding carboxylic acids is 1. The smallest absolute Gasteiger partial charge is 0.291 e. The molecular formula is C27H28F2N6OS. The van der Waals surface area contributed by atoms with Gasteiger partial charge < -0.3 is 10.6 Å². The van der Waals surface area contributed by atoms with Gasteiger partial charge in [-0.15, -0.1) is 11.8 Å². The zero-order valence-corrected chi connectivity index (χ0v) is 21.4. The van der Waals surface area contributed by atoms with Crippen LogP contribution in [0.1, 0.15) is 48.7 Å². The molecule has 7 nitrogen and oxygen atoms in total. The van der Waals surface area contributed by atoms with Gasteiger partial charge in [0.25, 0.3) is 11.8 Å². The molecule has 4 rings (SSSR count). The van der Waals surface area contributed by atoms with Crippen molar-refractivity contribution in [3.05, 3.63) is 59.6 Å². The fraction of sp³-hybridized carbons (Fsp3) is 0.370. The molecule has 2 aromatic rings. The number of carbonyl (C=O) groups is 1. The molecule has 37 heavy (non-hydrogen) atoms. The Morgan fingerprint density at radius 2 is 1.95 bits per heavy atom. The minimum absolute atomic E-state index is 0.101. The lowest BCUT2D eigenvalue weighted by molar-refractivity contribution is 0.0533. The first-order valence-corrected chi connectivity index (χ1v) is 13.1. The quantitative estimate of drug-likeness (QED) is 0.192. The fourth-order valence-corrected chi connectivity index (χ4v) is 4.81. The maximum atomic E-state index is 14.4. The number of amidine groups is 1. The van der Waals surface area contributed by atoms with E-state index in [0.29, 0.717) is 23.5 Å². The van der Waals surface area contributed by atoms with Gasteiger partial charge in [-0.3, -0.25) is 15.6 Å². The molecule has 0 radical (unpaired) electrons. The molecule has 0 aliphatic heterocycles. The number of pyridine rings is 1. The number of likely N-dealkylation sites (N-methyl/N-ethyl adjacent to an activating group) is 1. The summed E-state index contributed by atoms with van der Waals surface area (Å²) in [7, 11) is 1.43. The SMILES string of the molecule is CCSc1cc(-c2ccc(C3(C#N)CC3)cc2)cnc1C(=O)N/C(=C/C(=N)C(F)(F)C1CC1)C(=N)NC. The van der Waals surface area contributed by atoms with E-state index in [1.54, 1.807) is 6.20 Å². The molecule has 0 atom stereocenters. The number of benzene rings is 1. The number of hydrogen-bond donors (Lipinski definition) is 4. The number of nitrogens with one attached hydrogen (secondary N) is 4. The van der Waals surface area contributed by atoms with E-state index in [1.807, 2.05) is 37.3 Å². The maximum absolute atomic E-state index is 14.4. The summed E-state index contributed by atoms with van der Waals surface area (Å²) in [5, 5.41) is 30.4. The number of amides is 1. The Hall–Kier alpha value is -3.58. The summed E-state index contributed by atoms with van der Waals surface area (Å²) in [6.45, 7) is 1.94. The number of allylic oxidation sites excluding steroid dienone is 1. The lowest BCUT2D eigenvalue weighted by Gasteiger charge is -2.17. The Morgan fingerprint density at radius 1 is 1.27 bits per heavy atom. The van der Waals surface area contributed by atoms with Crippen molar-refractivity contribution in [1.29, 1.82) is 16.1 Å². The molecule has 4 N–H and O–H groups in total. The lowest BCUT2D eigenvalue weighted by Crippen LogP contribution is -2.36. The van der Waals surface area contributed by atoms with E-state index in [2.05, 4.69) is 21.7 Å². The highest BCUT2D eigenvalue weighted by atomic mass is 32.2. The predicted octanol–water partition coefficient (Wildman–Crippen LogP) is 5.29. The Bertz CT molecular complexity index is 1310. The monoisotopic (exact) mass is 522 g/mol. The van der Waals surface area contributed by atoms with Crippen LogP contribution in [0, 0.1) is 28.1 Å². The van der Waals surface area contributed by atoms with Gasteiger partial charge in [0.15, 0.2) is 0 Å². The first-order valence-electron chi connectivity index (χ1n) is 12.1. The molecule has 0 spiro atoms. The second-order valence-electron chi connectivity index (χ2n) is 9.22. The van der Waals surface area contributed by atoms with Gasteiger partial charge in [-0.2, -0.15) is 14.0 Å². The van der Waals surface area contributed by atoms with E-state index >= 15 is 0 Å². The number of alkyl halides is 2. The topological polar surface area (TPSA) is 126 Å². The largest absolute Gasteiger partial charge is 0.372 e. The molecule has 2 aliphatic rings. The van der Waals surface area contributed by atoms with Gasteiger partial charge in [0.1, 0.15) is 17.2 Å². The normalized spacial score (nSPS) is 16.5. The van der Waals surface area contributed by atoms with Crippen LogP contribution in [0.5, 0.6) is 0 Å². The Labute approximate surface area is 218 Å². The van der Waals surface area contributed by atoms with Crippen molar-refractivity contribution in [1.82, 2.24) is 15.6 Å². The van der Waals surface area contributed by atoms with Gasteiger partial charge in [0, 0.05) is 29.6 Å². The van der Waals surface area contributed by atoms with Gasteiger partial charge >= 0.3 is 0 Å². The first-order chi connectivity index (χ1) is 17.6. The number of halogens is 2. The third-order valence-corrected chi connectivity index (χ3v) is 7.52. The van der Waals surface area contributed by atoms with Crippen molar-refractivity contribution >= 4 is 29.2 Å². The van der Waals surface area contributed by atoms with Gasteiger partial charge in [-0.05, 0) is 54.7 Å². The highest BCUT2D eigenvalue weighted by Crippen LogP contribution is 2.48. The molecule has 10 heteroatoms. The van der Waals surface area contributed by atoms with Crippen LogP contribution >= 0.6 is 11.8 Å². The number of nitriles is 1. The van der Waals surface area contributed by atoms with Crippen LogP contribution in [0.2, 0.25) is 0 Å². The van der Waals surface area contributed by atoms with E-state index in [9.17, 15) is 18.8 Å². The molecule has 192 valence electrons. The third kappa shape index (κ3) is 5.57. The Morgan fingerprint density at radius 3 is 2.49 bits per heavy atom. The van der Waals surface area contributed by atoms with Crippen LogP contribution < -0.4 is 10.6 Å². The molecule has 0 saturated heterocycles. The lowest BCUT2D eigenvalue weighted by atomic mass is 9.95. The van der Waals surface area contributed by atoms with Gasteiger partial charge in [-0.1, -0.05) is 31.2 Å². The molecular weight excluding hydrogens is 494 g/mol. The molecule has 0 unspecified atom stereocenters. The molecule has 2 aliphatic carbocycles. The maximum Gasteiger partial charge on any atom is 0.291 e. The number of thioether (sulfide) groups is 1. The molecule has 1 aromatic heterocycles. The van der Waals surface area contributed by atoms with Crippen molar-refractivity contribution < 1.29 is 13.6 Å². The summed E-state index contributed by atoms with van der Waals surface area (Å²) < 4.78 is 28.7. The van der Waals surface area contributed by atoms with Gasteiger partial charge in [-0.25, -0.2) is 4.98 Å². The van der Waals surface area contributed by atoms with Gasteiger partial charge in [0.2, 0.25) is 0 Å². The molecule has 1 amide bonds. The van der Waals surface area contributed by atoms with E-state index in [0.717, 1.165) is 35.6 Å². The summed E-state index contributed by atoms with van der Waals surface area (Å²) in [5.74, 6) is -4.46. The summed E-state index contributed by atoms with van der Waals surface area (Å²) in [4.78, 5) is 18.1. The third-order valence-electron chi connectivity index (χ3n) is 6.61. The summed E-state index contributed by atoms with van der Waals surface area (Å²) in [6.07, 6.45) is 4.84. The molecule has 1 aromatic carbocycles. The van der Waals surface area contributed by atoms with Crippen molar-refractivity contribution in [2.24, 2.45) is 5.92 Å². The number of nitrogens with zero attached hydrogens (tertiary/aromatic N) is 2. The van der Waals surface area contributed by atoms with Gasteiger partial charge in [0.05, 0.1) is 17.2 Å². The fourth-order valence-electron chi connectivity index (χ4n) is 4.00. The van der Waals surface area contributed by atoms with Crippen molar-refractivity contribution in [3.8, 4) is 17.2 Å². The second kappa shape index (κ2) is 10.4. The highest BCUT2D eigenvalue weighted by Gasteiger charge is 2.49. The second-order valence-corrected chi connectivity index (χ2v) is 10.5. The Kier molecular flexibility index (Phi) is 7.46. The van der Waals surface area contributed by atoms with Crippen molar-refractivity contribution in [2.45, 2.75) is 48.8 Å². The number of hydrogen-bond acceptors (Lipinski definition) is 6. The van der Waals surface area contributed by atoms with E-state index in [4.69, 9.17) is 10.8 Å². The van der Waals surface area contributed by atoms with E-state index in [-0.39, 0.29) is 22.6 Å². The molecule has 2 saturated carbocycles. The van der Waals surface area contributed by atoms with Crippen molar-refractivity contribution in [3.63, 3.8) is 0 Å². The van der Waals surface area contributed by atoms with Crippen LogP contribution in [-0.2, 0) is 5.41 Å². The van der Waals surface area contributed by atoms with E-state index < -0.39 is 23.5 Å². The minimum Gasteiger partial charge on any atom is -0.372 e. The standard InChI is InChI=1S/C27H28F2N6OS/c1-3-37-21-12-17(16-4-6-18(7-5-16)26(15-30)10-11-26)14-34-23(21)25(36)35-20(24(32)33-2)13-22(31)27(28,29)19-8-9-19/h4-7,12-14,19,31H,3,8-11H2,1-2H3,(H2,32,33)(H,35,36)/b20-13+,31-22?. The van der Waals surface area contributed by atoms with Crippen LogP contribution in [0.15, 0.2) is 53.2 Å². The van der Waals surface area contributed by atoms with Crippen molar-refractivity contribution in [2.75, 3.05) is 12.8 Å². The molecule has 2 fully saturated rings. The molecule has 0 bridgehead atoms. The van der Waals surface area contributed by atoms with Crippen LogP contribution in [-0.4, -0.2) is 41.2 Å². The summed E-state index contributed by atoms with van der Waals surface area (Å²) in [5.41, 5.74) is 1.25. The molecule has 1 heterocycles. The number of aromatic nitrogens is 1. The summed E-state index contributed by atoms with van der Waals surface area (Å²) in [6, 6.07) is 12.0. The minimum atomic E-state index is -3.31. The van der Waals surface area contributed by atoms with Crippen LogP contribution in [0.4, 0.5) is 8.78 Å². The van der Waals surface area contributed by atoms with Crippen LogP contribution in [0.3, 0.4) is 0 Å². The van der Waals surface area contributed by atoms with E-state index in [1.165, 1.54) is 18.8 Å². The zero-order valence-electron chi connectivity index (χ0n) is 20.6. The first kappa shape index (κ1) is 26.5. The van der Waals surface area contributed by atoms with Crippen LogP contribution in [0.25, 0.3) is 11.1 Å². The highest BCUT2D eigenvalue weighted by molar-refractivity contribution is 7.99. The number of rotatable bonds is 10. The summed E-state index contributed by atoms with van der Waals surface area (Å²) >= 11 is 1.41. The average Bonchev–Trinajstić information content (AvgIpc) is 3.82. The average molecular weight is 523 g/mol. The predicted molar refractivity (Wildman–Crippen MR) is 140 cm³/mol. The zero-order chi connectivity index (χ0) is 26.8. The Balaban J connectivity index is 1.58.